The molecular weight excluding hydrogens is 288 g/mol. The maximum Gasteiger partial charge on any atom is 0.250 e. The molecule has 2 nitrogen and oxygen atoms in total. The van der Waals surface area contributed by atoms with Gasteiger partial charge >= 0.3 is 0 Å². The summed E-state index contributed by atoms with van der Waals surface area (Å²) in [7, 11) is -1.77. The van der Waals surface area contributed by atoms with Crippen LogP contribution in [0, 0.1) is 0 Å². The Balaban J connectivity index is 2.24. The molecule has 0 spiro atoms. The fourth-order valence-electron chi connectivity index (χ4n) is 1.65. The molecule has 122 valence electrons. The van der Waals surface area contributed by atoms with Gasteiger partial charge in [0, 0.05) is 0 Å². The Bertz CT molecular complexity index is 484. The lowest BCUT2D eigenvalue weighted by molar-refractivity contribution is 0.125. The summed E-state index contributed by atoms with van der Waals surface area (Å²) in [6.45, 7) is 16.5. The van der Waals surface area contributed by atoms with Crippen molar-refractivity contribution in [3.05, 3.63) is 60.4 Å². The first kappa shape index (κ1) is 18.7. The van der Waals surface area contributed by atoms with Crippen LogP contribution >= 0.6 is 0 Å². The lowest BCUT2D eigenvalue weighted by Crippen LogP contribution is -2.40. The highest BCUT2D eigenvalue weighted by molar-refractivity contribution is 6.74. The molecule has 0 fully saturated rings. The molecule has 0 amide bonds. The third kappa shape index (κ3) is 6.63. The lowest BCUT2D eigenvalue weighted by Gasteiger charge is -2.36. The second-order valence-corrected chi connectivity index (χ2v) is 11.8. The Labute approximate surface area is 137 Å². The molecule has 22 heavy (non-hydrogen) atoms. The highest BCUT2D eigenvalue weighted by Crippen LogP contribution is 2.37. The van der Waals surface area contributed by atoms with Gasteiger partial charge in [-0.1, -0.05) is 63.8 Å². The molecule has 3 heteroatoms. The van der Waals surface area contributed by atoms with Crippen LogP contribution in [0.25, 0.3) is 0 Å². The summed E-state index contributed by atoms with van der Waals surface area (Å²) in [6, 6.07) is 10.2. The smallest absolute Gasteiger partial charge is 0.250 e. The highest BCUT2D eigenvalue weighted by atomic mass is 28.4. The van der Waals surface area contributed by atoms with Gasteiger partial charge in [-0.25, -0.2) is 0 Å². The zero-order valence-electron chi connectivity index (χ0n) is 14.7. The average Bonchev–Trinajstić information content (AvgIpc) is 2.42. The Morgan fingerprint density at radius 2 is 1.82 bits per heavy atom. The molecule has 0 aliphatic heterocycles. The van der Waals surface area contributed by atoms with Gasteiger partial charge in [0.2, 0.25) is 8.32 Å². The normalized spacial score (nSPS) is 12.6. The molecule has 0 unspecified atom stereocenters. The molecule has 0 heterocycles. The number of rotatable bonds is 8. The second-order valence-electron chi connectivity index (χ2n) is 7.06. The Hall–Kier alpha value is -1.32. The minimum atomic E-state index is -1.77. The molecule has 1 rings (SSSR count). The first-order valence-corrected chi connectivity index (χ1v) is 10.8. The molecule has 0 aromatic heterocycles. The predicted octanol–water partition coefficient (Wildman–Crippen LogP) is 5.69. The van der Waals surface area contributed by atoms with Crippen LogP contribution in [0.3, 0.4) is 0 Å². The molecule has 0 aliphatic carbocycles. The first-order chi connectivity index (χ1) is 10.2. The second kappa shape index (κ2) is 8.35. The van der Waals surface area contributed by atoms with Crippen LogP contribution in [-0.2, 0) is 15.8 Å². The molecule has 0 aliphatic rings. The fourth-order valence-corrected chi connectivity index (χ4v) is 2.67. The van der Waals surface area contributed by atoms with Crippen LogP contribution in [0.2, 0.25) is 18.1 Å². The third-order valence-electron chi connectivity index (χ3n) is 4.04. The fraction of sp³-hybridized carbons (Fsp3) is 0.474. The van der Waals surface area contributed by atoms with Crippen molar-refractivity contribution in [2.45, 2.75) is 51.9 Å². The number of benzene rings is 1. The van der Waals surface area contributed by atoms with Crippen molar-refractivity contribution in [3.63, 3.8) is 0 Å². The van der Waals surface area contributed by atoms with Crippen molar-refractivity contribution in [2.75, 3.05) is 6.61 Å². The minimum absolute atomic E-state index is 0.197. The third-order valence-corrected chi connectivity index (χ3v) is 8.42. The van der Waals surface area contributed by atoms with E-state index in [1.807, 2.05) is 24.3 Å². The number of ether oxygens (including phenoxy) is 1. The van der Waals surface area contributed by atoms with Crippen molar-refractivity contribution < 1.29 is 9.16 Å². The summed E-state index contributed by atoms with van der Waals surface area (Å²) >= 11 is 0. The largest absolute Gasteiger partial charge is 0.544 e. The SMILES string of the molecule is C=C(/C=C/CCOCc1ccccc1)O[Si](C)(C)C(C)(C)C. The van der Waals surface area contributed by atoms with Gasteiger partial charge in [-0.05, 0) is 36.2 Å². The maximum absolute atomic E-state index is 6.09. The molecule has 0 saturated carbocycles. The Morgan fingerprint density at radius 1 is 1.18 bits per heavy atom. The van der Waals surface area contributed by atoms with Crippen LogP contribution < -0.4 is 0 Å². The molecule has 0 bridgehead atoms. The topological polar surface area (TPSA) is 18.5 Å². The standard InChI is InChI=1S/C19H30O2Si/c1-17(21-22(5,6)19(2,3)4)12-10-11-15-20-16-18-13-8-7-9-14-18/h7-10,12-14H,1,11,15-16H2,2-6H3/b12-10+. The minimum Gasteiger partial charge on any atom is -0.544 e. The molecule has 1 aromatic rings. The van der Waals surface area contributed by atoms with Crippen LogP contribution in [0.1, 0.15) is 32.8 Å². The first-order valence-electron chi connectivity index (χ1n) is 7.88. The maximum atomic E-state index is 6.09. The van der Waals surface area contributed by atoms with E-state index in [4.69, 9.17) is 9.16 Å². The molecule has 0 atom stereocenters. The lowest BCUT2D eigenvalue weighted by atomic mass is 10.2. The Kier molecular flexibility index (Phi) is 7.10. The van der Waals surface area contributed by atoms with Crippen molar-refractivity contribution >= 4 is 8.32 Å². The Morgan fingerprint density at radius 3 is 2.41 bits per heavy atom. The van der Waals surface area contributed by atoms with E-state index in [1.54, 1.807) is 0 Å². The van der Waals surface area contributed by atoms with Gasteiger partial charge in [0.25, 0.3) is 0 Å². The van der Waals surface area contributed by atoms with E-state index in [0.717, 1.165) is 12.2 Å². The van der Waals surface area contributed by atoms with E-state index in [0.29, 0.717) is 13.2 Å². The summed E-state index contributed by atoms with van der Waals surface area (Å²) in [4.78, 5) is 0. The van der Waals surface area contributed by atoms with Gasteiger partial charge in [0.05, 0.1) is 19.0 Å². The van der Waals surface area contributed by atoms with Crippen molar-refractivity contribution in [2.24, 2.45) is 0 Å². The zero-order valence-corrected chi connectivity index (χ0v) is 15.7. The zero-order chi connectivity index (χ0) is 16.6. The number of allylic oxidation sites excluding steroid dienone is 1. The van der Waals surface area contributed by atoms with Gasteiger partial charge < -0.3 is 9.16 Å². The number of hydrogen-bond acceptors (Lipinski definition) is 2. The summed E-state index contributed by atoms with van der Waals surface area (Å²) < 4.78 is 11.7. The van der Waals surface area contributed by atoms with E-state index in [2.05, 4.69) is 58.7 Å². The van der Waals surface area contributed by atoms with Crippen LogP contribution in [0.15, 0.2) is 54.8 Å². The van der Waals surface area contributed by atoms with E-state index >= 15 is 0 Å². The molecule has 0 radical (unpaired) electrons. The molecule has 0 N–H and O–H groups in total. The van der Waals surface area contributed by atoms with Gasteiger partial charge in [-0.2, -0.15) is 0 Å². The summed E-state index contributed by atoms with van der Waals surface area (Å²) in [5, 5.41) is 0.197. The quantitative estimate of drug-likeness (QED) is 0.265. The van der Waals surface area contributed by atoms with Crippen LogP contribution in [0.4, 0.5) is 0 Å². The van der Waals surface area contributed by atoms with Crippen molar-refractivity contribution in [1.29, 1.82) is 0 Å². The summed E-state index contributed by atoms with van der Waals surface area (Å²) in [5.41, 5.74) is 1.21. The van der Waals surface area contributed by atoms with E-state index < -0.39 is 8.32 Å². The van der Waals surface area contributed by atoms with Crippen molar-refractivity contribution in [1.82, 2.24) is 0 Å². The van der Waals surface area contributed by atoms with Crippen LogP contribution in [-0.4, -0.2) is 14.9 Å². The molecular formula is C19H30O2Si. The average molecular weight is 319 g/mol. The molecule has 0 saturated heterocycles. The van der Waals surface area contributed by atoms with Gasteiger partial charge in [0.1, 0.15) is 0 Å². The van der Waals surface area contributed by atoms with E-state index in [-0.39, 0.29) is 5.04 Å². The molecule has 1 aromatic carbocycles. The van der Waals surface area contributed by atoms with Gasteiger partial charge in [-0.3, -0.25) is 0 Å². The van der Waals surface area contributed by atoms with E-state index in [9.17, 15) is 0 Å². The monoisotopic (exact) mass is 318 g/mol. The predicted molar refractivity (Wildman–Crippen MR) is 97.3 cm³/mol. The number of hydrogen-bond donors (Lipinski definition) is 0. The summed E-state index contributed by atoms with van der Waals surface area (Å²) in [6.07, 6.45) is 4.90. The summed E-state index contributed by atoms with van der Waals surface area (Å²) in [5.74, 6) is 0.759. The highest BCUT2D eigenvalue weighted by Gasteiger charge is 2.38. The van der Waals surface area contributed by atoms with Crippen LogP contribution in [0.5, 0.6) is 0 Å². The van der Waals surface area contributed by atoms with Crippen molar-refractivity contribution in [3.8, 4) is 0 Å². The van der Waals surface area contributed by atoms with Gasteiger partial charge in [0.15, 0.2) is 0 Å². The van der Waals surface area contributed by atoms with Gasteiger partial charge in [-0.15, -0.1) is 0 Å². The van der Waals surface area contributed by atoms with E-state index in [1.165, 1.54) is 5.56 Å².